The Morgan fingerprint density at radius 3 is 1.89 bits per heavy atom. The van der Waals surface area contributed by atoms with Gasteiger partial charge < -0.3 is 17.0 Å². The fourth-order valence-corrected chi connectivity index (χ4v) is 1.41. The Bertz CT molecular complexity index is 466. The van der Waals surface area contributed by atoms with E-state index >= 15 is 0 Å². The van der Waals surface area contributed by atoms with Gasteiger partial charge in [-0.15, -0.1) is 5.56 Å². The largest absolute Gasteiger partial charge is 2.00 e. The van der Waals surface area contributed by atoms with E-state index in [-0.39, 0.29) is 40.0 Å². The van der Waals surface area contributed by atoms with Gasteiger partial charge in [-0.2, -0.15) is 37.4 Å². The summed E-state index contributed by atoms with van der Waals surface area (Å²) in [5.41, 5.74) is 0.869. The molecule has 0 radical (unpaired) electrons. The van der Waals surface area contributed by atoms with Gasteiger partial charge in [-0.05, 0) is 0 Å². The zero-order valence-corrected chi connectivity index (χ0v) is 12.3. The van der Waals surface area contributed by atoms with E-state index in [2.05, 4.69) is 6.07 Å². The van der Waals surface area contributed by atoms with Crippen molar-refractivity contribution >= 4 is 23.1 Å². The Hall–Kier alpha value is -0.524. The second kappa shape index (κ2) is 7.16. The number of hydrogen-bond donors (Lipinski definition) is 0. The van der Waals surface area contributed by atoms with Crippen molar-refractivity contribution < 1.29 is 30.2 Å². The molecule has 2 aromatic carbocycles. The third kappa shape index (κ3) is 4.30. The first-order valence-electron chi connectivity index (χ1n) is 4.72. The number of alkyl halides is 3. The first-order chi connectivity index (χ1) is 7.57. The van der Waals surface area contributed by atoms with E-state index < -0.39 is 11.7 Å². The standard InChI is InChI=1S/C13H8F3.BrH.Mg/c14-13(15,16)12-8-6-11(7-9-12)10-4-2-1-3-5-10;;/h1-8H;1H;/q-1;;+2/p-1. The molecule has 0 heterocycles. The Morgan fingerprint density at radius 2 is 1.44 bits per heavy atom. The molecule has 0 aliphatic carbocycles. The van der Waals surface area contributed by atoms with E-state index in [9.17, 15) is 13.2 Å². The molecule has 0 aliphatic rings. The molecule has 0 saturated heterocycles. The molecule has 0 aliphatic heterocycles. The molecule has 0 spiro atoms. The SMILES string of the molecule is FC(F)(F)c1[c-]cc(-c2ccccc2)cc1.[Br-].[Mg+2]. The summed E-state index contributed by atoms with van der Waals surface area (Å²) in [4.78, 5) is 0. The molecule has 0 fully saturated rings. The minimum Gasteiger partial charge on any atom is -1.00 e. The van der Waals surface area contributed by atoms with Gasteiger partial charge in [-0.25, -0.2) is 0 Å². The molecule has 2 aromatic rings. The minimum atomic E-state index is -4.32. The van der Waals surface area contributed by atoms with Gasteiger partial charge in [0, 0.05) is 0 Å². The van der Waals surface area contributed by atoms with E-state index in [1.54, 1.807) is 0 Å². The van der Waals surface area contributed by atoms with Crippen LogP contribution >= 0.6 is 0 Å². The van der Waals surface area contributed by atoms with Crippen LogP contribution < -0.4 is 17.0 Å². The van der Waals surface area contributed by atoms with Crippen LogP contribution in [0, 0.1) is 6.07 Å². The van der Waals surface area contributed by atoms with Crippen LogP contribution in [0.2, 0.25) is 0 Å². The van der Waals surface area contributed by atoms with Gasteiger partial charge in [-0.3, -0.25) is 0 Å². The van der Waals surface area contributed by atoms with E-state index in [4.69, 9.17) is 0 Å². The summed E-state index contributed by atoms with van der Waals surface area (Å²) in [7, 11) is 0. The first-order valence-corrected chi connectivity index (χ1v) is 4.72. The van der Waals surface area contributed by atoms with Gasteiger partial charge in [-0.1, -0.05) is 41.5 Å². The predicted molar refractivity (Wildman–Crippen MR) is 61.5 cm³/mol. The summed E-state index contributed by atoms with van der Waals surface area (Å²) in [5.74, 6) is 0. The molecule has 90 valence electrons. The third-order valence-corrected chi connectivity index (χ3v) is 2.23. The zero-order chi connectivity index (χ0) is 11.6. The molecule has 5 heteroatoms. The van der Waals surface area contributed by atoms with Gasteiger partial charge in [0.05, 0.1) is 0 Å². The van der Waals surface area contributed by atoms with Gasteiger partial charge in [0.2, 0.25) is 0 Å². The third-order valence-electron chi connectivity index (χ3n) is 2.23. The van der Waals surface area contributed by atoms with Gasteiger partial charge in [0.1, 0.15) is 0 Å². The average molecular weight is 325 g/mol. The average Bonchev–Trinajstić information content (AvgIpc) is 2.29. The molecule has 2 rings (SSSR count). The Labute approximate surface area is 130 Å². The van der Waals surface area contributed by atoms with Crippen LogP contribution in [-0.4, -0.2) is 23.1 Å². The van der Waals surface area contributed by atoms with E-state index in [0.717, 1.165) is 17.2 Å². The predicted octanol–water partition coefficient (Wildman–Crippen LogP) is 0.796. The van der Waals surface area contributed by atoms with Crippen molar-refractivity contribution in [3.8, 4) is 11.1 Å². The molecular formula is C13H8BrF3Mg. The van der Waals surface area contributed by atoms with Gasteiger partial charge >= 0.3 is 29.2 Å². The first kappa shape index (κ1) is 17.5. The fourth-order valence-electron chi connectivity index (χ4n) is 1.41. The monoisotopic (exact) mass is 324 g/mol. The summed E-state index contributed by atoms with van der Waals surface area (Å²) in [6, 6.07) is 15.3. The van der Waals surface area contributed by atoms with Crippen molar-refractivity contribution in [1.29, 1.82) is 0 Å². The minimum absolute atomic E-state index is 0. The molecular weight excluding hydrogens is 317 g/mol. The quantitative estimate of drug-likeness (QED) is 0.537. The second-order valence-corrected chi connectivity index (χ2v) is 3.35. The molecule has 0 nitrogen and oxygen atoms in total. The van der Waals surface area contributed by atoms with Crippen LogP contribution in [0.25, 0.3) is 11.1 Å². The summed E-state index contributed by atoms with van der Waals surface area (Å²) < 4.78 is 36.9. The van der Waals surface area contributed by atoms with Crippen molar-refractivity contribution in [2.75, 3.05) is 0 Å². The molecule has 0 unspecified atom stereocenters. The maximum absolute atomic E-state index is 12.3. The summed E-state index contributed by atoms with van der Waals surface area (Å²) in [6.07, 6.45) is -4.32. The van der Waals surface area contributed by atoms with Crippen molar-refractivity contribution in [1.82, 2.24) is 0 Å². The summed E-state index contributed by atoms with van der Waals surface area (Å²) in [5, 5.41) is 0. The zero-order valence-electron chi connectivity index (χ0n) is 9.34. The van der Waals surface area contributed by atoms with Gasteiger partial charge in [0.25, 0.3) is 0 Å². The van der Waals surface area contributed by atoms with E-state index in [1.807, 2.05) is 30.3 Å². The Balaban J connectivity index is 0.00000144. The summed E-state index contributed by atoms with van der Waals surface area (Å²) in [6.45, 7) is 0. The Kier molecular flexibility index (Phi) is 6.95. The van der Waals surface area contributed by atoms with E-state index in [0.29, 0.717) is 0 Å². The van der Waals surface area contributed by atoms with Gasteiger partial charge in [0.15, 0.2) is 0 Å². The van der Waals surface area contributed by atoms with Crippen LogP contribution in [0.4, 0.5) is 13.2 Å². The van der Waals surface area contributed by atoms with Crippen LogP contribution in [0.3, 0.4) is 0 Å². The number of rotatable bonds is 1. The van der Waals surface area contributed by atoms with E-state index in [1.165, 1.54) is 12.1 Å². The molecule has 18 heavy (non-hydrogen) atoms. The van der Waals surface area contributed by atoms with Crippen molar-refractivity contribution in [2.24, 2.45) is 0 Å². The maximum Gasteiger partial charge on any atom is 2.00 e. The van der Waals surface area contributed by atoms with Crippen molar-refractivity contribution in [3.63, 3.8) is 0 Å². The number of halogens is 4. The van der Waals surface area contributed by atoms with Crippen LogP contribution in [0.5, 0.6) is 0 Å². The molecule has 0 bridgehead atoms. The maximum atomic E-state index is 12.3. The molecule has 0 aromatic heterocycles. The van der Waals surface area contributed by atoms with Crippen molar-refractivity contribution in [2.45, 2.75) is 6.18 Å². The molecule has 0 amide bonds. The fraction of sp³-hybridized carbons (Fsp3) is 0.0769. The van der Waals surface area contributed by atoms with Crippen LogP contribution in [-0.2, 0) is 6.18 Å². The molecule has 0 saturated carbocycles. The number of benzene rings is 2. The van der Waals surface area contributed by atoms with Crippen LogP contribution in [0.15, 0.2) is 48.5 Å². The topological polar surface area (TPSA) is 0 Å². The van der Waals surface area contributed by atoms with Crippen LogP contribution in [0.1, 0.15) is 5.56 Å². The summed E-state index contributed by atoms with van der Waals surface area (Å²) >= 11 is 0. The number of hydrogen-bond acceptors (Lipinski definition) is 0. The second-order valence-electron chi connectivity index (χ2n) is 3.35. The smallest absolute Gasteiger partial charge is 1.00 e. The molecule has 0 N–H and O–H groups in total. The van der Waals surface area contributed by atoms with Crippen molar-refractivity contribution in [3.05, 3.63) is 60.2 Å². The Morgan fingerprint density at radius 1 is 0.833 bits per heavy atom. The molecule has 0 atom stereocenters. The normalized spacial score (nSPS) is 10.2.